The Morgan fingerprint density at radius 2 is 2.16 bits per heavy atom. The number of hydrogen-bond acceptors (Lipinski definition) is 2. The van der Waals surface area contributed by atoms with Crippen LogP contribution in [0.25, 0.3) is 0 Å². The third-order valence-electron chi connectivity index (χ3n) is 3.29. The van der Waals surface area contributed by atoms with Gasteiger partial charge in [0.1, 0.15) is 0 Å². The van der Waals surface area contributed by atoms with Crippen LogP contribution in [0.1, 0.15) is 18.0 Å². The van der Waals surface area contributed by atoms with E-state index in [9.17, 15) is 9.59 Å². The lowest BCUT2D eigenvalue weighted by atomic mass is 10.1. The van der Waals surface area contributed by atoms with Crippen LogP contribution in [0.15, 0.2) is 28.7 Å². The van der Waals surface area contributed by atoms with Crippen LogP contribution in [0.5, 0.6) is 0 Å². The molecule has 102 valence electrons. The van der Waals surface area contributed by atoms with Crippen molar-refractivity contribution >= 4 is 27.9 Å². The van der Waals surface area contributed by atoms with Crippen molar-refractivity contribution in [2.24, 2.45) is 0 Å². The van der Waals surface area contributed by atoms with Crippen LogP contribution >= 0.6 is 15.9 Å². The summed E-state index contributed by atoms with van der Waals surface area (Å²) < 4.78 is 0.958. The summed E-state index contributed by atoms with van der Waals surface area (Å²) in [7, 11) is 1.74. The van der Waals surface area contributed by atoms with Gasteiger partial charge in [-0.25, -0.2) is 4.79 Å². The quantitative estimate of drug-likeness (QED) is 0.923. The van der Waals surface area contributed by atoms with E-state index in [0.29, 0.717) is 6.54 Å². The number of likely N-dealkylation sites (N-methyl/N-ethyl adjacent to an activating group) is 1. The van der Waals surface area contributed by atoms with Gasteiger partial charge in [-0.2, -0.15) is 0 Å². The van der Waals surface area contributed by atoms with Crippen LogP contribution in [0.4, 0.5) is 4.79 Å². The zero-order valence-electron chi connectivity index (χ0n) is 10.5. The van der Waals surface area contributed by atoms with Crippen molar-refractivity contribution in [3.8, 4) is 0 Å². The molecule has 1 fully saturated rings. The van der Waals surface area contributed by atoms with Crippen molar-refractivity contribution in [2.75, 3.05) is 20.1 Å². The first-order valence-electron chi connectivity index (χ1n) is 5.98. The highest BCUT2D eigenvalue weighted by Gasteiger charge is 2.36. The fourth-order valence-corrected chi connectivity index (χ4v) is 2.78. The van der Waals surface area contributed by atoms with Crippen LogP contribution < -0.4 is 0 Å². The molecule has 1 aliphatic rings. The number of aliphatic carboxylic acids is 1. The molecule has 6 heteroatoms. The van der Waals surface area contributed by atoms with Gasteiger partial charge in [0.25, 0.3) is 0 Å². The Hall–Kier alpha value is -1.56. The number of carbonyl (C=O) groups excluding carboxylic acids is 1. The molecule has 0 spiro atoms. The number of hydrogen-bond donors (Lipinski definition) is 1. The Bertz CT molecular complexity index is 506. The molecule has 1 aliphatic heterocycles. The standard InChI is InChI=1S/C13H15BrN2O3/c1-15-11(9-4-2-3-5-10(9)14)8-16(13(15)19)7-6-12(17)18/h2-5,11H,6-8H2,1H3,(H,17,18). The van der Waals surface area contributed by atoms with E-state index in [2.05, 4.69) is 15.9 Å². The van der Waals surface area contributed by atoms with E-state index in [1.807, 2.05) is 24.3 Å². The largest absolute Gasteiger partial charge is 0.481 e. The highest BCUT2D eigenvalue weighted by molar-refractivity contribution is 9.10. The average molecular weight is 327 g/mol. The number of rotatable bonds is 4. The number of carboxylic acid groups (broad SMARTS) is 1. The zero-order valence-corrected chi connectivity index (χ0v) is 12.1. The summed E-state index contributed by atoms with van der Waals surface area (Å²) in [5.74, 6) is -0.889. The molecule has 0 saturated carbocycles. The fourth-order valence-electron chi connectivity index (χ4n) is 2.24. The molecule has 1 saturated heterocycles. The Balaban J connectivity index is 2.14. The van der Waals surface area contributed by atoms with Gasteiger partial charge >= 0.3 is 12.0 Å². The van der Waals surface area contributed by atoms with E-state index in [0.717, 1.165) is 10.0 Å². The maximum Gasteiger partial charge on any atom is 0.320 e. The van der Waals surface area contributed by atoms with Crippen LogP contribution in [0.3, 0.4) is 0 Å². The minimum absolute atomic E-state index is 0.0255. The second-order valence-corrected chi connectivity index (χ2v) is 5.37. The van der Waals surface area contributed by atoms with Crippen molar-refractivity contribution in [2.45, 2.75) is 12.5 Å². The topological polar surface area (TPSA) is 60.9 Å². The number of halogens is 1. The minimum atomic E-state index is -0.889. The number of carbonyl (C=O) groups is 2. The molecule has 2 rings (SSSR count). The van der Waals surface area contributed by atoms with Gasteiger partial charge in [0.15, 0.2) is 0 Å². The van der Waals surface area contributed by atoms with Crippen molar-refractivity contribution in [1.29, 1.82) is 0 Å². The molecule has 19 heavy (non-hydrogen) atoms. The summed E-state index contributed by atoms with van der Waals surface area (Å²) in [6, 6.07) is 7.59. The predicted molar refractivity (Wildman–Crippen MR) is 73.9 cm³/mol. The van der Waals surface area contributed by atoms with E-state index in [4.69, 9.17) is 5.11 Å². The molecule has 0 radical (unpaired) electrons. The SMILES string of the molecule is CN1C(=O)N(CCC(=O)O)CC1c1ccccc1Br. The number of carboxylic acids is 1. The summed E-state index contributed by atoms with van der Waals surface area (Å²) in [6.45, 7) is 0.769. The Morgan fingerprint density at radius 1 is 1.47 bits per heavy atom. The number of urea groups is 1. The summed E-state index contributed by atoms with van der Waals surface area (Å²) in [6.07, 6.45) is -0.0255. The average Bonchev–Trinajstić information content (AvgIpc) is 2.65. The first-order valence-corrected chi connectivity index (χ1v) is 6.78. The summed E-state index contributed by atoms with van der Waals surface area (Å²) in [4.78, 5) is 25.9. The highest BCUT2D eigenvalue weighted by atomic mass is 79.9. The number of benzene rings is 1. The lowest BCUT2D eigenvalue weighted by molar-refractivity contribution is -0.137. The summed E-state index contributed by atoms with van der Waals surface area (Å²) in [5, 5.41) is 8.69. The fraction of sp³-hybridized carbons (Fsp3) is 0.385. The van der Waals surface area contributed by atoms with Gasteiger partial charge in [0.2, 0.25) is 0 Å². The minimum Gasteiger partial charge on any atom is -0.481 e. The van der Waals surface area contributed by atoms with E-state index >= 15 is 0 Å². The second-order valence-electron chi connectivity index (χ2n) is 4.52. The van der Waals surface area contributed by atoms with Gasteiger partial charge in [-0.15, -0.1) is 0 Å². The molecule has 2 amide bonds. The smallest absolute Gasteiger partial charge is 0.320 e. The Labute approximate surface area is 119 Å². The van der Waals surface area contributed by atoms with Gasteiger partial charge in [-0.1, -0.05) is 34.1 Å². The number of amides is 2. The van der Waals surface area contributed by atoms with Crippen molar-refractivity contribution in [3.63, 3.8) is 0 Å². The van der Waals surface area contributed by atoms with Gasteiger partial charge in [-0.3, -0.25) is 4.79 Å². The van der Waals surface area contributed by atoms with Crippen LogP contribution in [0, 0.1) is 0 Å². The first-order chi connectivity index (χ1) is 9.00. The van der Waals surface area contributed by atoms with E-state index in [1.165, 1.54) is 0 Å². The highest BCUT2D eigenvalue weighted by Crippen LogP contribution is 2.32. The molecule has 1 atom stereocenters. The van der Waals surface area contributed by atoms with Crippen LogP contribution in [-0.2, 0) is 4.79 Å². The maximum atomic E-state index is 12.1. The number of nitrogens with zero attached hydrogens (tertiary/aromatic N) is 2. The second kappa shape index (κ2) is 5.61. The zero-order chi connectivity index (χ0) is 14.0. The van der Waals surface area contributed by atoms with Gasteiger partial charge in [0, 0.05) is 24.6 Å². The Kier molecular flexibility index (Phi) is 4.09. The normalized spacial score (nSPS) is 19.1. The third kappa shape index (κ3) is 2.89. The van der Waals surface area contributed by atoms with Gasteiger partial charge in [-0.05, 0) is 11.6 Å². The predicted octanol–water partition coefficient (Wildman–Crippen LogP) is 2.33. The van der Waals surface area contributed by atoms with Gasteiger partial charge < -0.3 is 14.9 Å². The molecule has 1 N–H and O–H groups in total. The van der Waals surface area contributed by atoms with E-state index < -0.39 is 5.97 Å². The molecule has 0 aliphatic carbocycles. The molecule has 1 heterocycles. The van der Waals surface area contributed by atoms with E-state index in [1.54, 1.807) is 16.8 Å². The molecule has 0 aromatic heterocycles. The van der Waals surface area contributed by atoms with Crippen LogP contribution in [0.2, 0.25) is 0 Å². The van der Waals surface area contributed by atoms with Crippen molar-refractivity contribution < 1.29 is 14.7 Å². The van der Waals surface area contributed by atoms with Crippen molar-refractivity contribution in [3.05, 3.63) is 34.3 Å². The summed E-state index contributed by atoms with van der Waals surface area (Å²) >= 11 is 3.49. The molecular weight excluding hydrogens is 312 g/mol. The third-order valence-corrected chi connectivity index (χ3v) is 4.02. The molecular formula is C13H15BrN2O3. The van der Waals surface area contributed by atoms with Gasteiger partial charge in [0.05, 0.1) is 12.5 Å². The first kappa shape index (κ1) is 13.9. The maximum absolute atomic E-state index is 12.1. The van der Waals surface area contributed by atoms with Crippen LogP contribution in [-0.4, -0.2) is 47.0 Å². The lowest BCUT2D eigenvalue weighted by Crippen LogP contribution is -2.31. The van der Waals surface area contributed by atoms with E-state index in [-0.39, 0.29) is 25.0 Å². The monoisotopic (exact) mass is 326 g/mol. The molecule has 5 nitrogen and oxygen atoms in total. The molecule has 1 aromatic rings. The van der Waals surface area contributed by atoms with Crippen molar-refractivity contribution in [1.82, 2.24) is 9.80 Å². The lowest BCUT2D eigenvalue weighted by Gasteiger charge is -2.19. The Morgan fingerprint density at radius 3 is 2.79 bits per heavy atom. The molecule has 1 unspecified atom stereocenters. The molecule has 0 bridgehead atoms. The molecule has 1 aromatic carbocycles. The summed E-state index contributed by atoms with van der Waals surface area (Å²) in [5.41, 5.74) is 1.04.